The highest BCUT2D eigenvalue weighted by Gasteiger charge is 2.70. The Morgan fingerprint density at radius 1 is 0.500 bits per heavy atom. The molecule has 8 unspecified atom stereocenters. The number of fused-ring (bicyclic) bond motifs is 9. The molecule has 8 atom stereocenters. The summed E-state index contributed by atoms with van der Waals surface area (Å²) in [6.07, 6.45) is 29.2. The lowest BCUT2D eigenvalue weighted by molar-refractivity contribution is -0.173. The van der Waals surface area contributed by atoms with E-state index in [-0.39, 0.29) is 0 Å². The number of hydrogen-bond donors (Lipinski definition) is 1. The maximum atomic E-state index is 4.38. The van der Waals surface area contributed by atoms with E-state index in [2.05, 4.69) is 10.2 Å². The minimum atomic E-state index is 0.664. The van der Waals surface area contributed by atoms with Crippen LogP contribution in [0.25, 0.3) is 0 Å². The van der Waals surface area contributed by atoms with Crippen LogP contribution >= 0.6 is 0 Å². The second-order valence-corrected chi connectivity index (χ2v) is 13.4. The fourth-order valence-corrected chi connectivity index (χ4v) is 12.0. The molecule has 7 rings (SSSR count). The predicted molar refractivity (Wildman–Crippen MR) is 133 cm³/mol. The molecule has 7 fully saturated rings. The Morgan fingerprint density at radius 3 is 1.78 bits per heavy atom. The second kappa shape index (κ2) is 8.54. The molecule has 32 heavy (non-hydrogen) atoms. The summed E-state index contributed by atoms with van der Waals surface area (Å²) in [6, 6.07) is 3.56. The predicted octanol–water partition coefficient (Wildman–Crippen LogP) is 6.93. The Labute approximate surface area is 198 Å². The molecule has 7 aliphatic rings. The number of nitrogens with one attached hydrogen (secondary N) is 1. The Hall–Kier alpha value is -0.0800. The molecular weight excluding hydrogens is 388 g/mol. The fraction of sp³-hybridized carbons (Fsp3) is 1.00. The van der Waals surface area contributed by atoms with Gasteiger partial charge in [0.1, 0.15) is 0 Å². The van der Waals surface area contributed by atoms with Crippen molar-refractivity contribution in [3.63, 3.8) is 0 Å². The van der Waals surface area contributed by atoms with Gasteiger partial charge in [0.2, 0.25) is 0 Å². The zero-order valence-corrected chi connectivity index (χ0v) is 20.8. The molecule has 2 aliphatic heterocycles. The molecule has 5 aliphatic carbocycles. The number of nitrogens with zero attached hydrogens (tertiary/aromatic N) is 1. The van der Waals surface area contributed by atoms with Gasteiger partial charge in [-0.05, 0) is 106 Å². The quantitative estimate of drug-likeness (QED) is 0.477. The van der Waals surface area contributed by atoms with Crippen molar-refractivity contribution < 1.29 is 0 Å². The summed E-state index contributed by atoms with van der Waals surface area (Å²) in [6.45, 7) is 1.31. The molecule has 2 nitrogen and oxygen atoms in total. The summed E-state index contributed by atoms with van der Waals surface area (Å²) in [5.74, 6) is 5.36. The lowest BCUT2D eigenvalue weighted by atomic mass is 9.47. The summed E-state index contributed by atoms with van der Waals surface area (Å²) >= 11 is 0. The highest BCUT2D eigenvalue weighted by Crippen LogP contribution is 2.71. The average Bonchev–Trinajstić information content (AvgIpc) is 3.16. The van der Waals surface area contributed by atoms with Gasteiger partial charge in [0.05, 0.1) is 0 Å². The van der Waals surface area contributed by atoms with Gasteiger partial charge in [0.15, 0.2) is 0 Å². The van der Waals surface area contributed by atoms with Gasteiger partial charge < -0.3 is 5.32 Å². The van der Waals surface area contributed by atoms with Crippen LogP contribution in [0.5, 0.6) is 0 Å². The van der Waals surface area contributed by atoms with Gasteiger partial charge in [-0.25, -0.2) is 0 Å². The Balaban J connectivity index is 1.36. The Kier molecular flexibility index (Phi) is 5.67. The van der Waals surface area contributed by atoms with Gasteiger partial charge in [-0.1, -0.05) is 57.8 Å². The molecule has 1 N–H and O–H groups in total. The summed E-state index contributed by atoms with van der Waals surface area (Å²) in [5, 5.41) is 4.38. The standard InChI is InChI=1S/C30H50N2/c1-2-11-21(12-3-1)32-27-18-9-8-17-26(27)30(29-28(32)19-10-20-31-29)24-15-6-4-13-22(24)23-14-5-7-16-25(23)30/h21-29,31H,1-20H2. The third-order valence-electron chi connectivity index (χ3n) is 12.6. The van der Waals surface area contributed by atoms with Crippen LogP contribution in [0.2, 0.25) is 0 Å². The molecule has 0 aromatic rings. The molecule has 0 amide bonds. The lowest BCUT2D eigenvalue weighted by Crippen LogP contribution is -2.76. The molecule has 0 radical (unpaired) electrons. The SMILES string of the molecule is C1CCC(N2C3CCCCC3C3(C4CCCCC4C4CCCCC43)C3NCCCC32)CC1. The normalized spacial score (nSPS) is 52.1. The first-order valence-electron chi connectivity index (χ1n) is 15.4. The number of likely N-dealkylation sites (tertiary alicyclic amines) is 1. The van der Waals surface area contributed by atoms with Gasteiger partial charge in [0.25, 0.3) is 0 Å². The smallest absolute Gasteiger partial charge is 0.0288 e. The van der Waals surface area contributed by atoms with Crippen LogP contribution in [0, 0.1) is 35.0 Å². The van der Waals surface area contributed by atoms with Crippen LogP contribution in [-0.2, 0) is 0 Å². The third kappa shape index (κ3) is 2.96. The maximum Gasteiger partial charge on any atom is 0.0288 e. The van der Waals surface area contributed by atoms with Crippen molar-refractivity contribution in [3.8, 4) is 0 Å². The van der Waals surface area contributed by atoms with Crippen molar-refractivity contribution in [1.29, 1.82) is 0 Å². The summed E-state index contributed by atoms with van der Waals surface area (Å²) < 4.78 is 0. The van der Waals surface area contributed by atoms with Gasteiger partial charge >= 0.3 is 0 Å². The molecule has 2 heterocycles. The van der Waals surface area contributed by atoms with Crippen LogP contribution in [-0.4, -0.2) is 35.6 Å². The molecular formula is C30H50N2. The zero-order chi connectivity index (χ0) is 21.1. The molecule has 2 saturated heterocycles. The topological polar surface area (TPSA) is 15.3 Å². The molecule has 180 valence electrons. The van der Waals surface area contributed by atoms with Crippen LogP contribution in [0.3, 0.4) is 0 Å². The van der Waals surface area contributed by atoms with Crippen LogP contribution in [0.15, 0.2) is 0 Å². The molecule has 5 saturated carbocycles. The Morgan fingerprint density at radius 2 is 1.06 bits per heavy atom. The van der Waals surface area contributed by atoms with E-state index in [9.17, 15) is 0 Å². The van der Waals surface area contributed by atoms with Crippen molar-refractivity contribution in [2.75, 3.05) is 6.54 Å². The van der Waals surface area contributed by atoms with Crippen molar-refractivity contribution in [3.05, 3.63) is 0 Å². The summed E-state index contributed by atoms with van der Waals surface area (Å²) in [5.41, 5.74) is 0.664. The Bertz CT molecular complexity index is 620. The largest absolute Gasteiger partial charge is 0.312 e. The molecule has 0 bridgehead atoms. The molecule has 1 spiro atoms. The minimum absolute atomic E-state index is 0.664. The molecule has 2 heteroatoms. The third-order valence-corrected chi connectivity index (χ3v) is 12.6. The van der Waals surface area contributed by atoms with Crippen molar-refractivity contribution in [1.82, 2.24) is 10.2 Å². The maximum absolute atomic E-state index is 4.38. The van der Waals surface area contributed by atoms with Crippen LogP contribution < -0.4 is 5.32 Å². The van der Waals surface area contributed by atoms with E-state index >= 15 is 0 Å². The first-order valence-corrected chi connectivity index (χ1v) is 15.4. The van der Waals surface area contributed by atoms with Crippen molar-refractivity contribution >= 4 is 0 Å². The number of piperidine rings is 2. The molecule has 0 aromatic carbocycles. The minimum Gasteiger partial charge on any atom is -0.312 e. The van der Waals surface area contributed by atoms with E-state index in [0.717, 1.165) is 53.8 Å². The van der Waals surface area contributed by atoms with E-state index in [0.29, 0.717) is 5.41 Å². The van der Waals surface area contributed by atoms with E-state index in [1.165, 1.54) is 64.3 Å². The van der Waals surface area contributed by atoms with Crippen LogP contribution in [0.1, 0.15) is 122 Å². The zero-order valence-electron chi connectivity index (χ0n) is 20.8. The first kappa shape index (κ1) is 21.2. The monoisotopic (exact) mass is 438 g/mol. The lowest BCUT2D eigenvalue weighted by Gasteiger charge is -2.68. The van der Waals surface area contributed by atoms with E-state index < -0.39 is 0 Å². The highest BCUT2D eigenvalue weighted by atomic mass is 15.3. The summed E-state index contributed by atoms with van der Waals surface area (Å²) in [7, 11) is 0. The fourth-order valence-electron chi connectivity index (χ4n) is 12.0. The number of hydrogen-bond acceptors (Lipinski definition) is 2. The second-order valence-electron chi connectivity index (χ2n) is 13.4. The van der Waals surface area contributed by atoms with Gasteiger partial charge in [0, 0.05) is 24.2 Å². The van der Waals surface area contributed by atoms with Gasteiger partial charge in [-0.3, -0.25) is 4.90 Å². The van der Waals surface area contributed by atoms with E-state index in [1.807, 2.05) is 0 Å². The van der Waals surface area contributed by atoms with Crippen LogP contribution in [0.4, 0.5) is 0 Å². The summed E-state index contributed by atoms with van der Waals surface area (Å²) in [4.78, 5) is 3.28. The molecule has 0 aromatic heterocycles. The average molecular weight is 439 g/mol. The highest BCUT2D eigenvalue weighted by molar-refractivity contribution is 5.22. The van der Waals surface area contributed by atoms with Gasteiger partial charge in [-0.15, -0.1) is 0 Å². The van der Waals surface area contributed by atoms with E-state index in [1.54, 1.807) is 64.2 Å². The van der Waals surface area contributed by atoms with Crippen molar-refractivity contribution in [2.45, 2.75) is 146 Å². The number of rotatable bonds is 1. The van der Waals surface area contributed by atoms with Crippen molar-refractivity contribution in [2.24, 2.45) is 35.0 Å². The first-order chi connectivity index (χ1) is 15.9. The van der Waals surface area contributed by atoms with Gasteiger partial charge in [-0.2, -0.15) is 0 Å². The van der Waals surface area contributed by atoms with E-state index in [4.69, 9.17) is 0 Å².